The number of nitrogens with two attached hydrogens (primary N) is 1. The van der Waals surface area contributed by atoms with Crippen molar-refractivity contribution in [3.05, 3.63) is 374 Å². The van der Waals surface area contributed by atoms with Crippen molar-refractivity contribution >= 4 is 94.5 Å². The van der Waals surface area contributed by atoms with Crippen LogP contribution in [0.1, 0.15) is 183 Å². The fourth-order valence-corrected chi connectivity index (χ4v) is 16.9. The average Bonchev–Trinajstić information content (AvgIpc) is 1.61. The van der Waals surface area contributed by atoms with E-state index in [0.29, 0.717) is 206 Å². The van der Waals surface area contributed by atoms with Gasteiger partial charge in [-0.1, -0.05) is 211 Å². The van der Waals surface area contributed by atoms with Crippen LogP contribution < -0.4 is 54.0 Å². The number of benzene rings is 10. The number of fused-ring (bicyclic) bond motifs is 2. The number of methoxy groups -OCH3 is 7. The quantitative estimate of drug-likeness (QED) is 0.0122. The Morgan fingerprint density at radius 3 is 1.20 bits per heavy atom. The van der Waals surface area contributed by atoms with Crippen LogP contribution in [0, 0.1) is 6.92 Å². The summed E-state index contributed by atoms with van der Waals surface area (Å²) in [5.74, 6) is 3.17. The molecule has 10 aromatic carbocycles. The van der Waals surface area contributed by atoms with Gasteiger partial charge in [0.25, 0.3) is 11.8 Å². The highest BCUT2D eigenvalue weighted by atomic mass is 127. The van der Waals surface area contributed by atoms with Gasteiger partial charge in [0.15, 0.2) is 35.9 Å². The lowest BCUT2D eigenvalue weighted by molar-refractivity contribution is -0.192. The number of carbonyl (C=O) groups excluding carboxylic acids is 9. The van der Waals surface area contributed by atoms with Gasteiger partial charge in [-0.3, -0.25) is 28.8 Å². The predicted molar refractivity (Wildman–Crippen MR) is 557 cm³/mol. The number of nitrogens with zero attached hydrogens (tertiary/aromatic N) is 9. The molecule has 0 saturated heterocycles. The van der Waals surface area contributed by atoms with Gasteiger partial charge in [-0.2, -0.15) is 9.59 Å². The van der Waals surface area contributed by atoms with Crippen LogP contribution in [0.4, 0.5) is 0 Å². The number of hydrogen-bond acceptors (Lipinski definition) is 28. The lowest BCUT2D eigenvalue weighted by Gasteiger charge is -2.20. The van der Waals surface area contributed by atoms with E-state index in [-0.39, 0.29) is 84.8 Å². The summed E-state index contributed by atoms with van der Waals surface area (Å²) in [4.78, 5) is 141. The van der Waals surface area contributed by atoms with E-state index in [2.05, 4.69) is 56.4 Å². The number of amides is 2. The minimum atomic E-state index is -0.816. The fraction of sp³-hybridized carbons (Fsp3) is 0.257. The van der Waals surface area contributed by atoms with Gasteiger partial charge < -0.3 is 87.3 Å². The van der Waals surface area contributed by atoms with Crippen LogP contribution >= 0.6 is 46.4 Å². The smallest absolute Gasteiger partial charge is 0.373 e. The molecule has 2 aliphatic rings. The summed E-state index contributed by atoms with van der Waals surface area (Å²) in [5.41, 5.74) is 24.4. The normalized spacial score (nSPS) is 11.2. The summed E-state index contributed by atoms with van der Waals surface area (Å²) in [6, 6.07) is 71.8. The maximum atomic E-state index is 13.8. The molecule has 0 atom stereocenters. The molecular weight excluding hydrogens is 2080 g/mol. The first-order valence-corrected chi connectivity index (χ1v) is 48.4. The van der Waals surface area contributed by atoms with E-state index in [1.54, 1.807) is 97.4 Å². The molecule has 0 unspecified atom stereocenters. The highest BCUT2D eigenvalue weighted by Gasteiger charge is 2.35. The summed E-state index contributed by atoms with van der Waals surface area (Å²) >= 11 is 25.5. The Labute approximate surface area is 895 Å². The van der Waals surface area contributed by atoms with Crippen LogP contribution in [0.2, 0.25) is 20.1 Å². The number of halogens is 5. The summed E-state index contributed by atoms with van der Waals surface area (Å²) in [7, 11) is 10.8. The molecule has 0 aliphatic carbocycles. The van der Waals surface area contributed by atoms with Gasteiger partial charge in [-0.05, 0) is 145 Å². The Hall–Kier alpha value is -14.6. The monoisotopic (exact) mass is 2190 g/mol. The van der Waals surface area contributed by atoms with Gasteiger partial charge in [0.2, 0.25) is 0 Å². The SMILES string of the molecule is CCCc1ccc(Cc2nc(-c3ccccc3Cl)nc(C)c2C(=O)OC)cc1.CCOC(=O)Cc1ccc(Cc2nc(-c3ccccc3Cl)nc(C=O)c2C(OC)OC)cc1.CCOC(=O)Cc1ccc(Cc2nc(-c3ccccc3Cl)nc3c2C(=O)N(Cc2ccc(OC)cc2OC)C3)cc1.CCOC(=O)Cc1ccc(Cc2nc(-c3ccccc3Cl)nc3c2C(=O)NC3)cc1.COc1ccc(CN)c(OC)c1.O=C=O.[I-]. The number of esters is 4. The maximum absolute atomic E-state index is 13.8. The molecule has 2 aliphatic heterocycles. The van der Waals surface area contributed by atoms with Gasteiger partial charge >= 0.3 is 30.0 Å². The molecule has 3 N–H and O–H groups in total. The first-order chi connectivity index (χ1) is 71.2. The van der Waals surface area contributed by atoms with Crippen LogP contribution in [0.15, 0.2) is 231 Å². The summed E-state index contributed by atoms with van der Waals surface area (Å²) in [5, 5.41) is 4.96. The number of ether oxygens (including phenoxy) is 10. The third kappa shape index (κ3) is 31.5. The molecule has 0 fully saturated rings. The van der Waals surface area contributed by atoms with Gasteiger partial charge in [0, 0.05) is 92.0 Å². The Morgan fingerprint density at radius 1 is 0.446 bits per heavy atom. The molecule has 14 aromatic rings. The molecule has 0 spiro atoms. The van der Waals surface area contributed by atoms with E-state index in [4.69, 9.17) is 129 Å². The average molecular weight is 2200 g/mol. The van der Waals surface area contributed by atoms with E-state index in [1.165, 1.54) is 26.9 Å². The second-order valence-electron chi connectivity index (χ2n) is 32.9. The zero-order valence-corrected chi connectivity index (χ0v) is 88.8. The summed E-state index contributed by atoms with van der Waals surface area (Å²) < 4.78 is 51.9. The lowest BCUT2D eigenvalue weighted by Crippen LogP contribution is -3.00. The molecule has 148 heavy (non-hydrogen) atoms. The third-order valence-corrected chi connectivity index (χ3v) is 24.4. The highest BCUT2D eigenvalue weighted by Crippen LogP contribution is 2.38. The van der Waals surface area contributed by atoms with Crippen molar-refractivity contribution in [3.8, 4) is 68.5 Å². The lowest BCUT2D eigenvalue weighted by atomic mass is 10.0. The van der Waals surface area contributed by atoms with Crippen LogP contribution in [-0.4, -0.2) is 162 Å². The van der Waals surface area contributed by atoms with E-state index in [0.717, 1.165) is 85.5 Å². The zero-order valence-electron chi connectivity index (χ0n) is 83.7. The molecule has 6 heterocycles. The first kappa shape index (κ1) is 115. The van der Waals surface area contributed by atoms with E-state index >= 15 is 0 Å². The van der Waals surface area contributed by atoms with Gasteiger partial charge in [0.05, 0.1) is 171 Å². The van der Waals surface area contributed by atoms with Crippen molar-refractivity contribution in [2.45, 2.75) is 125 Å². The van der Waals surface area contributed by atoms with Crippen LogP contribution in [0.25, 0.3) is 45.6 Å². The highest BCUT2D eigenvalue weighted by molar-refractivity contribution is 6.34. The molecule has 0 radical (unpaired) electrons. The Balaban J connectivity index is 0.000000194. The molecule has 30 nitrogen and oxygen atoms in total. The second-order valence-corrected chi connectivity index (χ2v) is 34.5. The number of nitrogens with one attached hydrogen (secondary N) is 1. The van der Waals surface area contributed by atoms with Crippen molar-refractivity contribution in [2.24, 2.45) is 5.73 Å². The van der Waals surface area contributed by atoms with Crippen molar-refractivity contribution in [1.82, 2.24) is 50.1 Å². The minimum absolute atomic E-state index is 0. The number of aldehydes is 1. The maximum Gasteiger partial charge on any atom is 0.373 e. The topological polar surface area (TPSA) is 390 Å². The van der Waals surface area contributed by atoms with Crippen molar-refractivity contribution in [1.29, 1.82) is 0 Å². The zero-order chi connectivity index (χ0) is 106. The van der Waals surface area contributed by atoms with Crippen molar-refractivity contribution in [2.75, 3.05) is 69.6 Å². The number of carbonyl (C=O) groups is 7. The Kier molecular flexibility index (Phi) is 45.2. The van der Waals surface area contributed by atoms with Crippen LogP contribution in [0.3, 0.4) is 0 Å². The van der Waals surface area contributed by atoms with E-state index < -0.39 is 12.3 Å². The predicted octanol–water partition coefficient (Wildman–Crippen LogP) is 17.0. The number of rotatable bonds is 35. The molecule has 0 bridgehead atoms. The standard InChI is InChI=1S/C32H30ClN3O5.C25H25ClN2O5.C23H20ClN3O3.C23H23ClN2O2.C9H13NO2.CO2.HI/c1-4-41-29(37)16-21-11-9-20(10-12-21)15-26-30-27(35-31(34-26)24-7-5-6-8-25(24)33)19-36(32(30)38)18-22-13-14-23(39-2)17-28(22)40-3;1-4-33-22(30)14-17-11-9-16(10-12-17)13-20-23(25(31-2)32-3)21(15-29)28-24(27-20)18-7-5-6-8-19(18)26;1-2-30-20(28)12-15-9-7-14(8-10-15)11-18-21-19(13-25-23(21)29)27-22(26-18)16-5-3-4-6-17(16)24;1-4-7-16-10-12-17(13-11-16)14-20-21(23(27)28-3)15(2)25-22(26-20)18-8-5-6-9-19(18)24;1-11-8-4-3-7(6-10)9(5-8)12-2;2-1-3;/h5-14,17H,4,15-16,18-19H2,1-3H3;5-12,15,25H,4,13-14H2,1-3H3;3-10H,2,11-13H2,1H3,(H,25,29);5-6,8-13H,4,7,14H2,1-3H3;3-5H,6,10H2,1-2H3;;1H/p-1. The van der Waals surface area contributed by atoms with Gasteiger partial charge in [-0.25, -0.2) is 44.7 Å². The third-order valence-electron chi connectivity index (χ3n) is 23.1. The molecule has 16 rings (SSSR count). The molecule has 768 valence electrons. The Bertz CT molecular complexity index is 6990. The van der Waals surface area contributed by atoms with Crippen molar-refractivity contribution in [3.63, 3.8) is 0 Å². The molecule has 35 heteroatoms. The van der Waals surface area contributed by atoms with Gasteiger partial charge in [0.1, 0.15) is 34.3 Å². The molecule has 4 aromatic heterocycles. The van der Waals surface area contributed by atoms with E-state index in [9.17, 15) is 33.6 Å². The van der Waals surface area contributed by atoms with Gasteiger partial charge in [-0.15, -0.1) is 0 Å². The molecular formula is C113H111Cl4IN11O19-. The molecule has 2 amide bonds. The summed E-state index contributed by atoms with van der Waals surface area (Å²) in [6.07, 6.45) is 4.67. The van der Waals surface area contributed by atoms with Crippen LogP contribution in [0.5, 0.6) is 23.0 Å². The minimum Gasteiger partial charge on any atom is -1.00 e. The molecule has 0 saturated carbocycles. The largest absolute Gasteiger partial charge is 1.00 e. The fourth-order valence-electron chi connectivity index (χ4n) is 16.0. The number of aromatic nitrogens is 8. The van der Waals surface area contributed by atoms with E-state index in [1.807, 2.05) is 170 Å². The first-order valence-electron chi connectivity index (χ1n) is 46.8. The number of aryl methyl sites for hydroxylation is 2. The van der Waals surface area contributed by atoms with Crippen molar-refractivity contribution < 1.29 is 114 Å². The Morgan fingerprint density at radius 2 is 0.811 bits per heavy atom. The summed E-state index contributed by atoms with van der Waals surface area (Å²) in [6.45, 7) is 11.9. The number of hydrogen-bond donors (Lipinski definition) is 2. The van der Waals surface area contributed by atoms with Crippen LogP contribution in [-0.2, 0) is 130 Å². The second kappa shape index (κ2) is 58.0.